The van der Waals surface area contributed by atoms with Crippen molar-refractivity contribution in [2.75, 3.05) is 30.8 Å². The van der Waals surface area contributed by atoms with E-state index >= 15 is 0 Å². The molecule has 3 rings (SSSR count). The van der Waals surface area contributed by atoms with Crippen LogP contribution in [-0.4, -0.2) is 29.7 Å². The van der Waals surface area contributed by atoms with Gasteiger partial charge in [0, 0.05) is 30.2 Å². The average Bonchev–Trinajstić information content (AvgIpc) is 2.58. The van der Waals surface area contributed by atoms with Gasteiger partial charge in [0.25, 0.3) is 0 Å². The van der Waals surface area contributed by atoms with Gasteiger partial charge in [-0.25, -0.2) is 9.97 Å². The zero-order chi connectivity index (χ0) is 16.3. The largest absolute Gasteiger partial charge is 0.382 e. The number of hydrogen-bond donors (Lipinski definition) is 2. The highest BCUT2D eigenvalue weighted by molar-refractivity contribution is 6.35. The van der Waals surface area contributed by atoms with Crippen molar-refractivity contribution in [3.8, 4) is 0 Å². The van der Waals surface area contributed by atoms with Gasteiger partial charge in [-0.2, -0.15) is 0 Å². The van der Waals surface area contributed by atoms with Crippen molar-refractivity contribution in [3.05, 3.63) is 46.2 Å². The van der Waals surface area contributed by atoms with E-state index in [-0.39, 0.29) is 11.2 Å². The maximum atomic E-state index is 6.17. The van der Waals surface area contributed by atoms with Gasteiger partial charge >= 0.3 is 0 Å². The SMILES string of the molecule is Nc1ncnc(NCC2(c3ccc(Cl)cc3)CCOCC2)c1Cl. The van der Waals surface area contributed by atoms with Gasteiger partial charge in [0.15, 0.2) is 0 Å². The van der Waals surface area contributed by atoms with Crippen LogP contribution < -0.4 is 11.1 Å². The number of anilines is 2. The minimum atomic E-state index is -0.0497. The summed E-state index contributed by atoms with van der Waals surface area (Å²) in [6, 6.07) is 7.99. The number of nitrogens with zero attached hydrogens (tertiary/aromatic N) is 2. The molecule has 0 bridgehead atoms. The average molecular weight is 353 g/mol. The fraction of sp³-hybridized carbons (Fsp3) is 0.375. The predicted molar refractivity (Wildman–Crippen MR) is 93.1 cm³/mol. The van der Waals surface area contributed by atoms with Crippen molar-refractivity contribution in [2.45, 2.75) is 18.3 Å². The molecule has 1 saturated heterocycles. The molecule has 0 saturated carbocycles. The zero-order valence-corrected chi connectivity index (χ0v) is 14.1. The van der Waals surface area contributed by atoms with Crippen molar-refractivity contribution in [1.82, 2.24) is 9.97 Å². The third-order valence-electron chi connectivity index (χ3n) is 4.32. The number of halogens is 2. The second-order valence-electron chi connectivity index (χ2n) is 5.67. The molecule has 5 nitrogen and oxygen atoms in total. The lowest BCUT2D eigenvalue weighted by atomic mass is 9.74. The third-order valence-corrected chi connectivity index (χ3v) is 4.94. The van der Waals surface area contributed by atoms with Gasteiger partial charge in [-0.15, -0.1) is 0 Å². The second-order valence-corrected chi connectivity index (χ2v) is 6.49. The standard InChI is InChI=1S/C16H18Cl2N4O/c17-12-3-1-11(2-4-12)16(5-7-23-8-6-16)9-20-15-13(18)14(19)21-10-22-15/h1-4,10H,5-9H2,(H3,19,20,21,22). The van der Waals surface area contributed by atoms with Gasteiger partial charge < -0.3 is 15.8 Å². The number of nitrogen functional groups attached to an aromatic ring is 1. The second kappa shape index (κ2) is 6.91. The first-order valence-electron chi connectivity index (χ1n) is 7.44. The normalized spacial score (nSPS) is 17.0. The van der Waals surface area contributed by atoms with Crippen molar-refractivity contribution < 1.29 is 4.74 Å². The molecule has 1 fully saturated rings. The molecular weight excluding hydrogens is 335 g/mol. The summed E-state index contributed by atoms with van der Waals surface area (Å²) in [5.74, 6) is 0.829. The summed E-state index contributed by atoms with van der Waals surface area (Å²) >= 11 is 12.2. The first-order valence-corrected chi connectivity index (χ1v) is 8.20. The smallest absolute Gasteiger partial charge is 0.150 e. The van der Waals surface area contributed by atoms with E-state index in [1.807, 2.05) is 12.1 Å². The van der Waals surface area contributed by atoms with Crippen LogP contribution in [0.3, 0.4) is 0 Å². The fourth-order valence-electron chi connectivity index (χ4n) is 2.89. The van der Waals surface area contributed by atoms with Gasteiger partial charge in [0.05, 0.1) is 0 Å². The third kappa shape index (κ3) is 3.52. The van der Waals surface area contributed by atoms with Crippen molar-refractivity contribution >= 4 is 34.8 Å². The molecule has 3 N–H and O–H groups in total. The Morgan fingerprint density at radius 3 is 2.52 bits per heavy atom. The Balaban J connectivity index is 1.85. The molecule has 2 heterocycles. The molecule has 0 unspecified atom stereocenters. The van der Waals surface area contributed by atoms with Crippen LogP contribution in [0.15, 0.2) is 30.6 Å². The molecule has 23 heavy (non-hydrogen) atoms. The van der Waals surface area contributed by atoms with Gasteiger partial charge in [-0.05, 0) is 30.5 Å². The quantitative estimate of drug-likeness (QED) is 0.880. The molecule has 1 aromatic heterocycles. The van der Waals surface area contributed by atoms with Crippen LogP contribution in [0.4, 0.5) is 11.6 Å². The minimum Gasteiger partial charge on any atom is -0.382 e. The van der Waals surface area contributed by atoms with E-state index in [4.69, 9.17) is 33.7 Å². The van der Waals surface area contributed by atoms with E-state index in [1.54, 1.807) is 0 Å². The Morgan fingerprint density at radius 1 is 1.13 bits per heavy atom. The topological polar surface area (TPSA) is 73.1 Å². The van der Waals surface area contributed by atoms with Crippen LogP contribution >= 0.6 is 23.2 Å². The van der Waals surface area contributed by atoms with Crippen molar-refractivity contribution in [3.63, 3.8) is 0 Å². The lowest BCUT2D eigenvalue weighted by molar-refractivity contribution is 0.0543. The number of aromatic nitrogens is 2. The van der Waals surface area contributed by atoms with Crippen LogP contribution in [-0.2, 0) is 10.2 Å². The Kier molecular flexibility index (Phi) is 4.90. The van der Waals surface area contributed by atoms with E-state index in [0.717, 1.165) is 31.1 Å². The molecule has 1 aliphatic rings. The Hall–Kier alpha value is -1.56. The van der Waals surface area contributed by atoms with Crippen molar-refractivity contribution in [2.24, 2.45) is 0 Å². The first kappa shape index (κ1) is 16.3. The highest BCUT2D eigenvalue weighted by Gasteiger charge is 2.34. The molecular formula is C16H18Cl2N4O. The number of hydrogen-bond acceptors (Lipinski definition) is 5. The summed E-state index contributed by atoms with van der Waals surface area (Å²) in [5.41, 5.74) is 6.91. The van der Waals surface area contributed by atoms with Crippen LogP contribution in [0.25, 0.3) is 0 Å². The van der Waals surface area contributed by atoms with Gasteiger partial charge in [0.2, 0.25) is 0 Å². The highest BCUT2D eigenvalue weighted by Crippen LogP contribution is 2.36. The lowest BCUT2D eigenvalue weighted by Gasteiger charge is -2.38. The predicted octanol–water partition coefficient (Wildman–Crippen LogP) is 3.53. The molecule has 0 aliphatic carbocycles. The highest BCUT2D eigenvalue weighted by atomic mass is 35.5. The van der Waals surface area contributed by atoms with E-state index in [1.165, 1.54) is 11.9 Å². The summed E-state index contributed by atoms with van der Waals surface area (Å²) < 4.78 is 5.54. The van der Waals surface area contributed by atoms with E-state index < -0.39 is 0 Å². The van der Waals surface area contributed by atoms with Crippen LogP contribution in [0.5, 0.6) is 0 Å². The van der Waals surface area contributed by atoms with E-state index in [0.29, 0.717) is 17.4 Å². The first-order chi connectivity index (χ1) is 11.1. The Labute approximate surface area is 145 Å². The summed E-state index contributed by atoms with van der Waals surface area (Å²) in [6.45, 7) is 2.14. The molecule has 2 aromatic rings. The monoisotopic (exact) mass is 352 g/mol. The maximum absolute atomic E-state index is 6.17. The molecule has 122 valence electrons. The van der Waals surface area contributed by atoms with Crippen molar-refractivity contribution in [1.29, 1.82) is 0 Å². The number of ether oxygens (including phenoxy) is 1. The molecule has 0 amide bonds. The molecule has 0 atom stereocenters. The minimum absolute atomic E-state index is 0.0497. The van der Waals surface area contributed by atoms with E-state index in [2.05, 4.69) is 27.4 Å². The summed E-state index contributed by atoms with van der Waals surface area (Å²) in [6.07, 6.45) is 3.24. The van der Waals surface area contributed by atoms with Crippen LogP contribution in [0.1, 0.15) is 18.4 Å². The summed E-state index contributed by atoms with van der Waals surface area (Å²) in [4.78, 5) is 8.06. The number of nitrogens with two attached hydrogens (primary N) is 1. The molecule has 0 spiro atoms. The van der Waals surface area contributed by atoms with Crippen LogP contribution in [0.2, 0.25) is 10.0 Å². The number of benzene rings is 1. The van der Waals surface area contributed by atoms with Gasteiger partial charge in [-0.3, -0.25) is 0 Å². The van der Waals surface area contributed by atoms with Gasteiger partial charge in [0.1, 0.15) is 23.0 Å². The van der Waals surface area contributed by atoms with Gasteiger partial charge in [-0.1, -0.05) is 35.3 Å². The maximum Gasteiger partial charge on any atom is 0.150 e. The zero-order valence-electron chi connectivity index (χ0n) is 12.6. The molecule has 1 aliphatic heterocycles. The molecule has 1 aromatic carbocycles. The fourth-order valence-corrected chi connectivity index (χ4v) is 3.18. The molecule has 0 radical (unpaired) electrons. The number of rotatable bonds is 4. The summed E-state index contributed by atoms with van der Waals surface area (Å²) in [7, 11) is 0. The lowest BCUT2D eigenvalue weighted by Crippen LogP contribution is -2.40. The molecule has 7 heteroatoms. The van der Waals surface area contributed by atoms with Crippen LogP contribution in [0, 0.1) is 0 Å². The number of nitrogens with one attached hydrogen (secondary N) is 1. The van der Waals surface area contributed by atoms with E-state index in [9.17, 15) is 0 Å². The Morgan fingerprint density at radius 2 is 1.83 bits per heavy atom. The Bertz CT molecular complexity index is 672. The summed E-state index contributed by atoms with van der Waals surface area (Å²) in [5, 5.41) is 4.41.